The third-order valence-electron chi connectivity index (χ3n) is 1.84. The Hall–Kier alpha value is -1.85. The van der Waals surface area contributed by atoms with E-state index >= 15 is 0 Å². The fourth-order valence-corrected chi connectivity index (χ4v) is 1.23. The zero-order valence-electron chi connectivity index (χ0n) is 7.44. The first-order chi connectivity index (χ1) is 7.09. The van der Waals surface area contributed by atoms with Gasteiger partial charge in [-0.05, 0) is 12.1 Å². The fourth-order valence-electron chi connectivity index (χ4n) is 1.23. The molecule has 0 fully saturated rings. The highest BCUT2D eigenvalue weighted by atomic mass is 19.4. The van der Waals surface area contributed by atoms with Crippen LogP contribution in [-0.2, 0) is 6.18 Å². The molecule has 1 heterocycles. The number of nitrogens with zero attached hydrogens (tertiary/aromatic N) is 3. The van der Waals surface area contributed by atoms with Crippen LogP contribution in [0.25, 0.3) is 5.69 Å². The smallest absolute Gasteiger partial charge is 0.166 e. The lowest BCUT2D eigenvalue weighted by atomic mass is 10.2. The second-order valence-corrected chi connectivity index (χ2v) is 2.83. The maximum Gasteiger partial charge on any atom is 0.418 e. The minimum absolute atomic E-state index is 0.0741. The molecule has 0 radical (unpaired) electrons. The zero-order valence-corrected chi connectivity index (χ0v) is 7.44. The normalized spacial score (nSPS) is 11.7. The highest BCUT2D eigenvalue weighted by Gasteiger charge is 2.34. The van der Waals surface area contributed by atoms with Crippen LogP contribution >= 0.6 is 0 Å². The number of hydrogen-bond donors (Lipinski definition) is 0. The standard InChI is InChI=1S/C9H6F3N3/c10-9(11,12)7-3-1-2-4-8(7)15-13-5-6-14-15/h1-6H. The fraction of sp³-hybridized carbons (Fsp3) is 0.111. The monoisotopic (exact) mass is 213 g/mol. The van der Waals surface area contributed by atoms with Crippen molar-refractivity contribution < 1.29 is 13.2 Å². The summed E-state index contributed by atoms with van der Waals surface area (Å²) in [5.41, 5.74) is -0.823. The molecule has 0 saturated heterocycles. The molecule has 3 nitrogen and oxygen atoms in total. The zero-order chi connectivity index (χ0) is 10.9. The highest BCUT2D eigenvalue weighted by Crippen LogP contribution is 2.32. The van der Waals surface area contributed by atoms with E-state index in [0.29, 0.717) is 0 Å². The second-order valence-electron chi connectivity index (χ2n) is 2.83. The molecule has 78 valence electrons. The molecule has 0 aliphatic carbocycles. The number of alkyl halides is 3. The van der Waals surface area contributed by atoms with E-state index in [1.165, 1.54) is 30.6 Å². The maximum absolute atomic E-state index is 12.6. The van der Waals surface area contributed by atoms with Gasteiger partial charge in [-0.15, -0.1) is 0 Å². The molecule has 2 aromatic rings. The largest absolute Gasteiger partial charge is 0.418 e. The van der Waals surface area contributed by atoms with Crippen molar-refractivity contribution in [2.24, 2.45) is 0 Å². The third kappa shape index (κ3) is 1.83. The lowest BCUT2D eigenvalue weighted by Gasteiger charge is -2.10. The van der Waals surface area contributed by atoms with Gasteiger partial charge in [-0.25, -0.2) is 0 Å². The summed E-state index contributed by atoms with van der Waals surface area (Å²) in [5, 5.41) is 7.33. The van der Waals surface area contributed by atoms with Crippen molar-refractivity contribution in [3.63, 3.8) is 0 Å². The van der Waals surface area contributed by atoms with Crippen molar-refractivity contribution in [3.8, 4) is 5.69 Å². The summed E-state index contributed by atoms with van der Waals surface area (Å²) in [7, 11) is 0. The molecule has 0 aliphatic rings. The first kappa shape index (κ1) is 9.70. The van der Waals surface area contributed by atoms with Gasteiger partial charge < -0.3 is 0 Å². The summed E-state index contributed by atoms with van der Waals surface area (Å²) >= 11 is 0. The molecule has 0 spiro atoms. The number of rotatable bonds is 1. The van der Waals surface area contributed by atoms with Crippen LogP contribution in [-0.4, -0.2) is 15.0 Å². The third-order valence-corrected chi connectivity index (χ3v) is 1.84. The predicted molar refractivity (Wildman–Crippen MR) is 46.4 cm³/mol. The van der Waals surface area contributed by atoms with Crippen LogP contribution in [0.3, 0.4) is 0 Å². The summed E-state index contributed by atoms with van der Waals surface area (Å²) in [4.78, 5) is 0.947. The van der Waals surface area contributed by atoms with Gasteiger partial charge in [0, 0.05) is 0 Å². The molecule has 0 amide bonds. The molecule has 0 unspecified atom stereocenters. The van der Waals surface area contributed by atoms with Gasteiger partial charge in [-0.2, -0.15) is 28.2 Å². The lowest BCUT2D eigenvalue weighted by molar-refractivity contribution is -0.137. The average Bonchev–Trinajstić information content (AvgIpc) is 2.69. The Morgan fingerprint density at radius 3 is 2.20 bits per heavy atom. The number of aromatic nitrogens is 3. The molecule has 1 aromatic carbocycles. The average molecular weight is 213 g/mol. The Morgan fingerprint density at radius 2 is 1.60 bits per heavy atom. The van der Waals surface area contributed by atoms with E-state index in [1.54, 1.807) is 0 Å². The molecule has 2 rings (SSSR count). The van der Waals surface area contributed by atoms with Crippen LogP contribution in [0, 0.1) is 0 Å². The predicted octanol–water partition coefficient (Wildman–Crippen LogP) is 2.29. The van der Waals surface area contributed by atoms with E-state index in [1.807, 2.05) is 0 Å². The SMILES string of the molecule is FC(F)(F)c1ccccc1-n1nccn1. The Bertz CT molecular complexity index is 448. The van der Waals surface area contributed by atoms with Crippen molar-refractivity contribution in [2.45, 2.75) is 6.18 Å². The van der Waals surface area contributed by atoms with Crippen molar-refractivity contribution >= 4 is 0 Å². The van der Waals surface area contributed by atoms with Gasteiger partial charge in [0.2, 0.25) is 0 Å². The number of para-hydroxylation sites is 1. The van der Waals surface area contributed by atoms with Gasteiger partial charge in [-0.3, -0.25) is 0 Å². The first-order valence-electron chi connectivity index (χ1n) is 4.12. The van der Waals surface area contributed by atoms with Crippen molar-refractivity contribution in [1.29, 1.82) is 0 Å². The van der Waals surface area contributed by atoms with Crippen LogP contribution in [0.4, 0.5) is 13.2 Å². The summed E-state index contributed by atoms with van der Waals surface area (Å²) in [5.74, 6) is 0. The van der Waals surface area contributed by atoms with Crippen molar-refractivity contribution in [2.75, 3.05) is 0 Å². The van der Waals surface area contributed by atoms with E-state index in [2.05, 4.69) is 10.2 Å². The van der Waals surface area contributed by atoms with E-state index < -0.39 is 11.7 Å². The summed E-state index contributed by atoms with van der Waals surface area (Å²) in [6.45, 7) is 0. The first-order valence-corrected chi connectivity index (χ1v) is 4.12. The van der Waals surface area contributed by atoms with E-state index in [9.17, 15) is 13.2 Å². The number of benzene rings is 1. The van der Waals surface area contributed by atoms with Crippen molar-refractivity contribution in [1.82, 2.24) is 15.0 Å². The van der Waals surface area contributed by atoms with Crippen LogP contribution in [0.2, 0.25) is 0 Å². The van der Waals surface area contributed by atoms with E-state index in [0.717, 1.165) is 10.9 Å². The van der Waals surface area contributed by atoms with Crippen molar-refractivity contribution in [3.05, 3.63) is 42.2 Å². The molecule has 15 heavy (non-hydrogen) atoms. The van der Waals surface area contributed by atoms with Gasteiger partial charge in [0.05, 0.1) is 23.6 Å². The second kappa shape index (κ2) is 3.38. The Balaban J connectivity index is 2.58. The van der Waals surface area contributed by atoms with E-state index in [4.69, 9.17) is 0 Å². The minimum atomic E-state index is -4.40. The highest BCUT2D eigenvalue weighted by molar-refractivity contribution is 5.40. The molecule has 0 aliphatic heterocycles. The van der Waals surface area contributed by atoms with Crippen LogP contribution < -0.4 is 0 Å². The van der Waals surface area contributed by atoms with Gasteiger partial charge in [0.15, 0.2) is 0 Å². The molecular formula is C9H6F3N3. The lowest BCUT2D eigenvalue weighted by Crippen LogP contribution is -2.11. The molecule has 0 saturated carbocycles. The van der Waals surface area contributed by atoms with Crippen LogP contribution in [0.5, 0.6) is 0 Å². The summed E-state index contributed by atoms with van der Waals surface area (Å²) in [6.07, 6.45) is -1.75. The van der Waals surface area contributed by atoms with Gasteiger partial charge in [-0.1, -0.05) is 12.1 Å². The molecule has 0 bridgehead atoms. The van der Waals surface area contributed by atoms with Gasteiger partial charge in [0.25, 0.3) is 0 Å². The molecule has 1 aromatic heterocycles. The quantitative estimate of drug-likeness (QED) is 0.727. The molecule has 0 atom stereocenters. The Morgan fingerprint density at radius 1 is 1.00 bits per heavy atom. The number of halogens is 3. The van der Waals surface area contributed by atoms with Gasteiger partial charge >= 0.3 is 6.18 Å². The molecule has 0 N–H and O–H groups in total. The van der Waals surface area contributed by atoms with Crippen LogP contribution in [0.15, 0.2) is 36.7 Å². The summed E-state index contributed by atoms with van der Waals surface area (Å²) in [6, 6.07) is 5.16. The maximum atomic E-state index is 12.6. The molecular weight excluding hydrogens is 207 g/mol. The van der Waals surface area contributed by atoms with Crippen LogP contribution in [0.1, 0.15) is 5.56 Å². The summed E-state index contributed by atoms with van der Waals surface area (Å²) < 4.78 is 37.7. The van der Waals surface area contributed by atoms with E-state index in [-0.39, 0.29) is 5.69 Å². The molecule has 6 heteroatoms. The van der Waals surface area contributed by atoms with Gasteiger partial charge in [0.1, 0.15) is 0 Å². The minimum Gasteiger partial charge on any atom is -0.166 e. The topological polar surface area (TPSA) is 30.7 Å². The Kier molecular flexibility index (Phi) is 2.18. The number of hydrogen-bond acceptors (Lipinski definition) is 2. The Labute approximate surface area is 83.1 Å².